The molecule has 0 unspecified atom stereocenters. The lowest BCUT2D eigenvalue weighted by atomic mass is 9.99. The molecule has 0 radical (unpaired) electrons. The van der Waals surface area contributed by atoms with Crippen molar-refractivity contribution in [3.63, 3.8) is 0 Å². The molecule has 0 spiro atoms. The van der Waals surface area contributed by atoms with Crippen LogP contribution in [-0.2, 0) is 21.4 Å². The van der Waals surface area contributed by atoms with Gasteiger partial charge in [0.25, 0.3) is 9.05 Å². The Hall–Kier alpha value is -1.74. The molecule has 2 nitrogen and oxygen atoms in total. The molecule has 0 N–H and O–H groups in total. The van der Waals surface area contributed by atoms with Gasteiger partial charge in [-0.05, 0) is 41.5 Å². The van der Waals surface area contributed by atoms with Gasteiger partial charge in [0.2, 0.25) is 0 Å². The summed E-state index contributed by atoms with van der Waals surface area (Å²) in [6, 6.07) is 5.33. The highest BCUT2D eigenvalue weighted by Crippen LogP contribution is 2.39. The molecular weight excluding hydrogens is 382 g/mol. The molecule has 0 atom stereocenters. The number of rotatable bonds is 2. The van der Waals surface area contributed by atoms with Crippen molar-refractivity contribution >= 4 is 19.7 Å². The van der Waals surface area contributed by atoms with Crippen LogP contribution >= 0.6 is 10.7 Å². The van der Waals surface area contributed by atoms with Crippen molar-refractivity contribution in [2.75, 3.05) is 0 Å². The lowest BCUT2D eigenvalue weighted by Gasteiger charge is -2.14. The van der Waals surface area contributed by atoms with Crippen LogP contribution in [0.4, 0.5) is 26.3 Å². The molecule has 2 aromatic rings. The first-order chi connectivity index (χ1) is 10.8. The van der Waals surface area contributed by atoms with Gasteiger partial charge >= 0.3 is 12.4 Å². The highest BCUT2D eigenvalue weighted by molar-refractivity contribution is 8.13. The first-order valence-electron chi connectivity index (χ1n) is 6.13. The smallest absolute Gasteiger partial charge is 0.207 e. The Kier molecular flexibility index (Phi) is 4.62. The SMILES string of the molecule is O=S(=O)(Cl)c1cccc(-c2cc(C(F)(F)F)cc(C(F)(F)F)c2)c1. The van der Waals surface area contributed by atoms with Gasteiger partial charge in [-0.3, -0.25) is 0 Å². The van der Waals surface area contributed by atoms with E-state index in [2.05, 4.69) is 0 Å². The van der Waals surface area contributed by atoms with E-state index in [0.717, 1.165) is 18.2 Å². The first-order valence-corrected chi connectivity index (χ1v) is 8.44. The van der Waals surface area contributed by atoms with Crippen LogP contribution in [0.5, 0.6) is 0 Å². The number of halogens is 7. The topological polar surface area (TPSA) is 34.1 Å². The predicted molar refractivity (Wildman–Crippen MR) is 74.9 cm³/mol. The zero-order chi connectivity index (χ0) is 18.3. The maximum atomic E-state index is 12.8. The van der Waals surface area contributed by atoms with Crippen LogP contribution in [0, 0.1) is 0 Å². The fraction of sp³-hybridized carbons (Fsp3) is 0.143. The second-order valence-electron chi connectivity index (χ2n) is 4.76. The summed E-state index contributed by atoms with van der Waals surface area (Å²) in [5, 5.41) is 0. The molecule has 0 bridgehead atoms. The minimum atomic E-state index is -4.99. The molecule has 0 aromatic heterocycles. The second-order valence-corrected chi connectivity index (χ2v) is 7.33. The largest absolute Gasteiger partial charge is 0.416 e. The van der Waals surface area contributed by atoms with Gasteiger partial charge in [-0.2, -0.15) is 26.3 Å². The van der Waals surface area contributed by atoms with E-state index in [9.17, 15) is 34.8 Å². The third-order valence-electron chi connectivity index (χ3n) is 3.04. The zero-order valence-corrected chi connectivity index (χ0v) is 13.0. The summed E-state index contributed by atoms with van der Waals surface area (Å²) in [7, 11) is 0.955. The van der Waals surface area contributed by atoms with Crippen molar-refractivity contribution in [1.82, 2.24) is 0 Å². The molecule has 0 heterocycles. The fourth-order valence-corrected chi connectivity index (χ4v) is 2.75. The summed E-state index contributed by atoms with van der Waals surface area (Å²) in [6.07, 6.45) is -9.99. The van der Waals surface area contributed by atoms with Gasteiger partial charge in [0, 0.05) is 10.7 Å². The Labute approximate surface area is 137 Å². The molecule has 0 amide bonds. The van der Waals surface area contributed by atoms with E-state index in [1.165, 1.54) is 6.07 Å². The molecule has 0 aliphatic heterocycles. The molecule has 0 saturated heterocycles. The molecule has 0 aliphatic rings. The van der Waals surface area contributed by atoms with Crippen molar-refractivity contribution in [2.45, 2.75) is 17.2 Å². The molecule has 24 heavy (non-hydrogen) atoms. The van der Waals surface area contributed by atoms with Crippen molar-refractivity contribution < 1.29 is 34.8 Å². The second kappa shape index (κ2) is 5.96. The van der Waals surface area contributed by atoms with Gasteiger partial charge in [0.15, 0.2) is 0 Å². The third-order valence-corrected chi connectivity index (χ3v) is 4.39. The summed E-state index contributed by atoms with van der Waals surface area (Å²) < 4.78 is 99.6. The van der Waals surface area contributed by atoms with Crippen molar-refractivity contribution in [3.8, 4) is 11.1 Å². The fourth-order valence-electron chi connectivity index (χ4n) is 1.95. The van der Waals surface area contributed by atoms with Crippen LogP contribution in [0.2, 0.25) is 0 Å². The molecule has 2 aromatic carbocycles. The molecule has 0 aliphatic carbocycles. The molecule has 0 saturated carbocycles. The minimum Gasteiger partial charge on any atom is -0.207 e. The molecule has 2 rings (SSSR count). The summed E-state index contributed by atoms with van der Waals surface area (Å²) >= 11 is 0. The minimum absolute atomic E-state index is 0.00829. The van der Waals surface area contributed by atoms with Crippen LogP contribution in [0.3, 0.4) is 0 Å². The van der Waals surface area contributed by atoms with E-state index in [1.54, 1.807) is 0 Å². The van der Waals surface area contributed by atoms with Crippen molar-refractivity contribution in [3.05, 3.63) is 53.6 Å². The van der Waals surface area contributed by atoms with Crippen LogP contribution < -0.4 is 0 Å². The van der Waals surface area contributed by atoms with Crippen LogP contribution in [0.25, 0.3) is 11.1 Å². The number of hydrogen-bond acceptors (Lipinski definition) is 2. The highest BCUT2D eigenvalue weighted by atomic mass is 35.7. The van der Waals surface area contributed by atoms with Crippen LogP contribution in [0.1, 0.15) is 11.1 Å². The Bertz CT molecular complexity index is 839. The monoisotopic (exact) mass is 388 g/mol. The average molecular weight is 389 g/mol. The maximum absolute atomic E-state index is 12.8. The summed E-state index contributed by atoms with van der Waals surface area (Å²) in [6.45, 7) is 0. The quantitative estimate of drug-likeness (QED) is 0.515. The van der Waals surface area contributed by atoms with E-state index in [1.807, 2.05) is 0 Å². The van der Waals surface area contributed by atoms with Crippen LogP contribution in [0.15, 0.2) is 47.4 Å². The van der Waals surface area contributed by atoms with Crippen LogP contribution in [-0.4, -0.2) is 8.42 Å². The molecule has 130 valence electrons. The number of hydrogen-bond donors (Lipinski definition) is 0. The number of benzene rings is 2. The van der Waals surface area contributed by atoms with Gasteiger partial charge in [-0.15, -0.1) is 0 Å². The van der Waals surface area contributed by atoms with E-state index >= 15 is 0 Å². The summed E-state index contributed by atoms with van der Waals surface area (Å²) in [5.74, 6) is 0. The van der Waals surface area contributed by atoms with Gasteiger partial charge in [-0.25, -0.2) is 8.42 Å². The van der Waals surface area contributed by atoms with E-state index in [0.29, 0.717) is 12.1 Å². The number of alkyl halides is 6. The van der Waals surface area contributed by atoms with E-state index in [-0.39, 0.29) is 11.6 Å². The standard InChI is InChI=1S/C14H7ClF6O2S/c15-24(22,23)12-3-1-2-8(6-12)9-4-10(13(16,17)18)7-11(5-9)14(19,20)21/h1-7H. The molecule has 10 heteroatoms. The zero-order valence-electron chi connectivity index (χ0n) is 11.4. The van der Waals surface area contributed by atoms with E-state index in [4.69, 9.17) is 10.7 Å². The van der Waals surface area contributed by atoms with Gasteiger partial charge < -0.3 is 0 Å². The van der Waals surface area contributed by atoms with Crippen molar-refractivity contribution in [1.29, 1.82) is 0 Å². The predicted octanol–water partition coefficient (Wildman–Crippen LogP) is 5.32. The Balaban J connectivity index is 2.71. The molecular formula is C14H7ClF6O2S. The first kappa shape index (κ1) is 18.6. The van der Waals surface area contributed by atoms with Gasteiger partial charge in [0.05, 0.1) is 16.0 Å². The Morgan fingerprint density at radius 1 is 0.750 bits per heavy atom. The normalized spacial score (nSPS) is 13.1. The van der Waals surface area contributed by atoms with Gasteiger partial charge in [0.1, 0.15) is 0 Å². The van der Waals surface area contributed by atoms with Crippen molar-refractivity contribution in [2.24, 2.45) is 0 Å². The summed E-state index contributed by atoms with van der Waals surface area (Å²) in [5.41, 5.74) is -3.56. The van der Waals surface area contributed by atoms with E-state index < -0.39 is 43.0 Å². The third kappa shape index (κ3) is 4.21. The highest BCUT2D eigenvalue weighted by Gasteiger charge is 2.37. The Morgan fingerprint density at radius 3 is 1.67 bits per heavy atom. The lowest BCUT2D eigenvalue weighted by Crippen LogP contribution is -2.11. The lowest BCUT2D eigenvalue weighted by molar-refractivity contribution is -0.143. The average Bonchev–Trinajstić information content (AvgIpc) is 2.44. The Morgan fingerprint density at radius 2 is 1.25 bits per heavy atom. The van der Waals surface area contributed by atoms with Gasteiger partial charge in [-0.1, -0.05) is 12.1 Å². The summed E-state index contributed by atoms with van der Waals surface area (Å²) in [4.78, 5) is -0.437. The maximum Gasteiger partial charge on any atom is 0.416 e. The molecule has 0 fully saturated rings.